The number of para-hydroxylation sites is 1. The molecule has 146 valence electrons. The summed E-state index contributed by atoms with van der Waals surface area (Å²) < 4.78 is 22.2. The van der Waals surface area contributed by atoms with Gasteiger partial charge in [0.05, 0.1) is 7.11 Å². The van der Waals surface area contributed by atoms with Crippen LogP contribution in [-0.4, -0.2) is 33.5 Å². The van der Waals surface area contributed by atoms with E-state index in [-0.39, 0.29) is 0 Å². The van der Waals surface area contributed by atoms with Gasteiger partial charge in [-0.1, -0.05) is 24.3 Å². The van der Waals surface area contributed by atoms with Crippen LogP contribution in [-0.2, 0) is 0 Å². The summed E-state index contributed by atoms with van der Waals surface area (Å²) in [6.45, 7) is 2.23. The van der Waals surface area contributed by atoms with Gasteiger partial charge >= 0.3 is 0 Å². The number of ether oxygens (including phenoxy) is 4. The van der Waals surface area contributed by atoms with Crippen molar-refractivity contribution in [2.45, 2.75) is 0 Å². The van der Waals surface area contributed by atoms with Crippen LogP contribution in [0.25, 0.3) is 0 Å². The lowest BCUT2D eigenvalue weighted by Gasteiger charge is -2.11. The van der Waals surface area contributed by atoms with Crippen molar-refractivity contribution in [2.75, 3.05) is 38.8 Å². The Morgan fingerprint density at radius 1 is 0.607 bits per heavy atom. The van der Waals surface area contributed by atoms with Crippen molar-refractivity contribution in [1.29, 1.82) is 0 Å². The number of nitrogens with one attached hydrogen (secondary N) is 1. The lowest BCUT2D eigenvalue weighted by Crippen LogP contribution is -2.12. The minimum absolute atomic E-state index is 0.485. The fraction of sp³-hybridized carbons (Fsp3) is 0.217. The Morgan fingerprint density at radius 3 is 1.96 bits per heavy atom. The molecule has 0 spiro atoms. The molecule has 3 aromatic rings. The van der Waals surface area contributed by atoms with E-state index in [1.54, 1.807) is 7.11 Å². The lowest BCUT2D eigenvalue weighted by atomic mass is 10.3. The Balaban J connectivity index is 1.35. The number of benzene rings is 3. The van der Waals surface area contributed by atoms with E-state index in [1.165, 1.54) is 0 Å². The molecule has 0 unspecified atom stereocenters. The molecule has 0 aliphatic carbocycles. The fourth-order valence-corrected chi connectivity index (χ4v) is 2.57. The summed E-state index contributed by atoms with van der Waals surface area (Å²) in [6.07, 6.45) is 0. The number of hydrogen-bond donors (Lipinski definition) is 1. The molecule has 3 rings (SSSR count). The molecule has 1 N–H and O–H groups in total. The smallest absolute Gasteiger partial charge is 0.122 e. The second kappa shape index (κ2) is 10.7. The van der Waals surface area contributed by atoms with Crippen molar-refractivity contribution in [1.82, 2.24) is 0 Å². The van der Waals surface area contributed by atoms with Gasteiger partial charge in [0.25, 0.3) is 0 Å². The van der Waals surface area contributed by atoms with Crippen LogP contribution in [0.4, 0.5) is 5.69 Å². The average Bonchev–Trinajstić information content (AvgIpc) is 2.76. The van der Waals surface area contributed by atoms with Crippen LogP contribution in [0.3, 0.4) is 0 Å². The molecule has 0 heterocycles. The number of methoxy groups -OCH3 is 1. The standard InChI is InChI=1S/C23H25NO4/c1-25-20-10-12-22(13-11-20)26-15-14-24-19-6-5-9-23(18-19)28-17-16-27-21-7-3-2-4-8-21/h2-13,18,24H,14-17H2,1H3. The summed E-state index contributed by atoms with van der Waals surface area (Å²) in [5.41, 5.74) is 0.986. The predicted molar refractivity (Wildman–Crippen MR) is 111 cm³/mol. The summed E-state index contributed by atoms with van der Waals surface area (Å²) in [5.74, 6) is 3.28. The van der Waals surface area contributed by atoms with Crippen molar-refractivity contribution in [3.63, 3.8) is 0 Å². The van der Waals surface area contributed by atoms with Gasteiger partial charge in [0, 0.05) is 18.3 Å². The molecule has 5 nitrogen and oxygen atoms in total. The van der Waals surface area contributed by atoms with Crippen molar-refractivity contribution < 1.29 is 18.9 Å². The molecule has 0 fully saturated rings. The number of hydrogen-bond acceptors (Lipinski definition) is 5. The van der Waals surface area contributed by atoms with Gasteiger partial charge in [-0.15, -0.1) is 0 Å². The van der Waals surface area contributed by atoms with Gasteiger partial charge in [-0.3, -0.25) is 0 Å². The molecule has 0 atom stereocenters. The van der Waals surface area contributed by atoms with Crippen LogP contribution in [0.1, 0.15) is 0 Å². The highest BCUT2D eigenvalue weighted by atomic mass is 16.5. The maximum Gasteiger partial charge on any atom is 0.122 e. The van der Waals surface area contributed by atoms with Gasteiger partial charge < -0.3 is 24.3 Å². The zero-order valence-corrected chi connectivity index (χ0v) is 16.0. The molecule has 0 aliphatic heterocycles. The minimum Gasteiger partial charge on any atom is -0.497 e. The number of anilines is 1. The van der Waals surface area contributed by atoms with Crippen LogP contribution < -0.4 is 24.3 Å². The summed E-state index contributed by atoms with van der Waals surface area (Å²) in [5, 5.41) is 3.33. The zero-order valence-electron chi connectivity index (χ0n) is 16.0. The van der Waals surface area contributed by atoms with Gasteiger partial charge in [-0.25, -0.2) is 0 Å². The third-order valence-corrected chi connectivity index (χ3v) is 3.96. The topological polar surface area (TPSA) is 49.0 Å². The first-order valence-corrected chi connectivity index (χ1v) is 9.25. The van der Waals surface area contributed by atoms with E-state index in [0.717, 1.165) is 28.7 Å². The van der Waals surface area contributed by atoms with Gasteiger partial charge in [-0.05, 0) is 48.5 Å². The predicted octanol–water partition coefficient (Wildman–Crippen LogP) is 4.64. The van der Waals surface area contributed by atoms with Gasteiger partial charge in [0.1, 0.15) is 42.8 Å². The van der Waals surface area contributed by atoms with E-state index in [9.17, 15) is 0 Å². The largest absolute Gasteiger partial charge is 0.497 e. The highest BCUT2D eigenvalue weighted by Crippen LogP contribution is 2.18. The molecule has 0 saturated carbocycles. The molecule has 0 radical (unpaired) electrons. The van der Waals surface area contributed by atoms with Crippen molar-refractivity contribution in [3.05, 3.63) is 78.9 Å². The van der Waals surface area contributed by atoms with Crippen molar-refractivity contribution >= 4 is 5.69 Å². The molecule has 3 aromatic carbocycles. The average molecular weight is 379 g/mol. The third kappa shape index (κ3) is 6.43. The van der Waals surface area contributed by atoms with Crippen LogP contribution >= 0.6 is 0 Å². The van der Waals surface area contributed by atoms with E-state index >= 15 is 0 Å². The molecule has 0 aromatic heterocycles. The van der Waals surface area contributed by atoms with Crippen LogP contribution in [0.15, 0.2) is 78.9 Å². The zero-order chi connectivity index (χ0) is 19.4. The van der Waals surface area contributed by atoms with Gasteiger partial charge in [-0.2, -0.15) is 0 Å². The number of rotatable bonds is 11. The summed E-state index contributed by atoms with van der Waals surface area (Å²) in [4.78, 5) is 0. The van der Waals surface area contributed by atoms with Crippen LogP contribution in [0.2, 0.25) is 0 Å². The molecule has 0 bridgehead atoms. The highest BCUT2D eigenvalue weighted by Gasteiger charge is 1.99. The Morgan fingerprint density at radius 2 is 1.21 bits per heavy atom. The summed E-state index contributed by atoms with van der Waals surface area (Å²) in [6, 6.07) is 25.1. The lowest BCUT2D eigenvalue weighted by molar-refractivity contribution is 0.217. The Kier molecular flexibility index (Phi) is 7.44. The minimum atomic E-state index is 0.485. The first kappa shape index (κ1) is 19.4. The molecular formula is C23H25NO4. The van der Waals surface area contributed by atoms with Crippen molar-refractivity contribution in [3.8, 4) is 23.0 Å². The molecule has 28 heavy (non-hydrogen) atoms. The second-order valence-corrected chi connectivity index (χ2v) is 5.99. The van der Waals surface area contributed by atoms with Crippen LogP contribution in [0, 0.1) is 0 Å². The van der Waals surface area contributed by atoms with E-state index in [2.05, 4.69) is 5.32 Å². The van der Waals surface area contributed by atoms with Gasteiger partial charge in [0.2, 0.25) is 0 Å². The molecule has 0 saturated heterocycles. The van der Waals surface area contributed by atoms with Gasteiger partial charge in [0.15, 0.2) is 0 Å². The van der Waals surface area contributed by atoms with Crippen molar-refractivity contribution in [2.24, 2.45) is 0 Å². The third-order valence-electron chi connectivity index (χ3n) is 3.96. The van der Waals surface area contributed by atoms with Crippen LogP contribution in [0.5, 0.6) is 23.0 Å². The Hall–Kier alpha value is -3.34. The maximum absolute atomic E-state index is 5.76. The summed E-state index contributed by atoms with van der Waals surface area (Å²) >= 11 is 0. The Bertz CT molecular complexity index is 822. The first-order chi connectivity index (χ1) is 13.8. The molecule has 5 heteroatoms. The Labute approximate surface area is 165 Å². The second-order valence-electron chi connectivity index (χ2n) is 5.99. The SMILES string of the molecule is COc1ccc(OCCNc2cccc(OCCOc3ccccc3)c2)cc1. The maximum atomic E-state index is 5.76. The monoisotopic (exact) mass is 379 g/mol. The van der Waals surface area contributed by atoms with E-state index < -0.39 is 0 Å². The normalized spacial score (nSPS) is 10.2. The molecule has 0 amide bonds. The fourth-order valence-electron chi connectivity index (χ4n) is 2.57. The van der Waals surface area contributed by atoms with E-state index in [4.69, 9.17) is 18.9 Å². The first-order valence-electron chi connectivity index (χ1n) is 9.25. The van der Waals surface area contributed by atoms with E-state index in [0.29, 0.717) is 26.4 Å². The quantitative estimate of drug-likeness (QED) is 0.492. The highest BCUT2D eigenvalue weighted by molar-refractivity contribution is 5.48. The summed E-state index contributed by atoms with van der Waals surface area (Å²) in [7, 11) is 1.65. The molecular weight excluding hydrogens is 354 g/mol. The van der Waals surface area contributed by atoms with E-state index in [1.807, 2.05) is 78.9 Å². The molecule has 0 aliphatic rings.